The van der Waals surface area contributed by atoms with Crippen molar-refractivity contribution in [2.24, 2.45) is 4.99 Å². The van der Waals surface area contributed by atoms with Gasteiger partial charge in [-0.05, 0) is 48.0 Å². The van der Waals surface area contributed by atoms with E-state index in [1.165, 1.54) is 24.3 Å². The number of fused-ring (bicyclic) bond motifs is 1. The van der Waals surface area contributed by atoms with Gasteiger partial charge in [0.05, 0.1) is 22.0 Å². The molecule has 6 rings (SSSR count). The van der Waals surface area contributed by atoms with E-state index in [9.17, 15) is 14.9 Å². The van der Waals surface area contributed by atoms with E-state index < -0.39 is 16.4 Å². The molecule has 0 saturated heterocycles. The minimum absolute atomic E-state index is 0.117. The van der Waals surface area contributed by atoms with Gasteiger partial charge >= 0.3 is 5.97 Å². The molecule has 8 nitrogen and oxygen atoms in total. The summed E-state index contributed by atoms with van der Waals surface area (Å²) in [6.07, 6.45) is 0. The molecule has 8 heteroatoms. The monoisotopic (exact) mass is 567 g/mol. The number of hydroxylamine groups is 1. The number of aliphatic imine (C=N–C) groups is 1. The predicted molar refractivity (Wildman–Crippen MR) is 164 cm³/mol. The van der Waals surface area contributed by atoms with Crippen LogP contribution in [0.1, 0.15) is 16.7 Å². The van der Waals surface area contributed by atoms with Crippen LogP contribution in [0.4, 0.5) is 17.1 Å². The smallest absolute Gasteiger partial charge is 0.381 e. The fraction of sp³-hybridized carbons (Fsp3) is 0.0286. The zero-order chi connectivity index (χ0) is 29.8. The summed E-state index contributed by atoms with van der Waals surface area (Å²) in [5.74, 6) is -1.02. The van der Waals surface area contributed by atoms with E-state index in [4.69, 9.17) is 14.6 Å². The van der Waals surface area contributed by atoms with Gasteiger partial charge in [-0.15, -0.1) is 0 Å². The number of nitro groups is 1. The van der Waals surface area contributed by atoms with Gasteiger partial charge in [0.2, 0.25) is 5.76 Å². The highest BCUT2D eigenvalue weighted by molar-refractivity contribution is 6.20. The van der Waals surface area contributed by atoms with Crippen LogP contribution in [0.25, 0.3) is 0 Å². The van der Waals surface area contributed by atoms with Crippen molar-refractivity contribution in [3.05, 3.63) is 179 Å². The van der Waals surface area contributed by atoms with Crippen molar-refractivity contribution in [2.45, 2.75) is 5.54 Å². The quantitative estimate of drug-likeness (QED) is 0.0480. The minimum Gasteiger partial charge on any atom is -0.421 e. The number of esters is 1. The van der Waals surface area contributed by atoms with E-state index in [-0.39, 0.29) is 17.2 Å². The fourth-order valence-corrected chi connectivity index (χ4v) is 5.19. The standard InChI is InChI=1S/C35H25N3O5/c1-25(34(39)42-30-23-21-29(22-24-30)38(40)41)43-37-32-20-12-11-19-31(32)33(36-28-17-9-4-10-18-28)35(37,26-13-5-2-6-14-26)27-15-7-3-8-16-27/h2-24H,1H2/b36-33-. The van der Waals surface area contributed by atoms with Gasteiger partial charge < -0.3 is 9.57 Å². The average Bonchev–Trinajstić information content (AvgIpc) is 3.32. The minimum atomic E-state index is -1.14. The average molecular weight is 568 g/mol. The lowest BCUT2D eigenvalue weighted by Gasteiger charge is -2.40. The maximum atomic E-state index is 13.3. The van der Waals surface area contributed by atoms with Crippen molar-refractivity contribution in [1.82, 2.24) is 0 Å². The molecule has 0 bridgehead atoms. The number of carbonyl (C=O) groups excluding carboxylic acids is 1. The van der Waals surface area contributed by atoms with E-state index in [0.717, 1.165) is 22.4 Å². The highest BCUT2D eigenvalue weighted by Crippen LogP contribution is 2.50. The molecule has 1 aliphatic heterocycles. The number of ether oxygens (including phenoxy) is 1. The van der Waals surface area contributed by atoms with Gasteiger partial charge in [-0.1, -0.05) is 97.1 Å². The molecule has 0 N–H and O–H groups in total. The van der Waals surface area contributed by atoms with E-state index in [1.807, 2.05) is 115 Å². The van der Waals surface area contributed by atoms with Crippen LogP contribution in [-0.2, 0) is 15.2 Å². The van der Waals surface area contributed by atoms with Crippen LogP contribution < -0.4 is 9.80 Å². The van der Waals surface area contributed by atoms with Crippen LogP contribution in [0.15, 0.2) is 157 Å². The van der Waals surface area contributed by atoms with E-state index >= 15 is 0 Å². The summed E-state index contributed by atoms with van der Waals surface area (Å²) in [5, 5.41) is 12.7. The number of non-ortho nitro benzene ring substituents is 1. The Morgan fingerprint density at radius 2 is 1.28 bits per heavy atom. The predicted octanol–water partition coefficient (Wildman–Crippen LogP) is 7.53. The lowest BCUT2D eigenvalue weighted by Crippen LogP contribution is -2.49. The first-order valence-corrected chi connectivity index (χ1v) is 13.5. The van der Waals surface area contributed by atoms with Crippen LogP contribution in [0.3, 0.4) is 0 Å². The van der Waals surface area contributed by atoms with Crippen LogP contribution in [0, 0.1) is 10.1 Å². The molecule has 210 valence electrons. The summed E-state index contributed by atoms with van der Waals surface area (Å²) in [6, 6.07) is 42.2. The Labute approximate surface area is 247 Å². The Kier molecular flexibility index (Phi) is 7.24. The van der Waals surface area contributed by atoms with Gasteiger partial charge in [0, 0.05) is 17.7 Å². The molecule has 0 saturated carbocycles. The van der Waals surface area contributed by atoms with E-state index in [1.54, 1.807) is 5.06 Å². The second-order valence-corrected chi connectivity index (χ2v) is 9.70. The number of nitro benzene ring substituents is 1. The van der Waals surface area contributed by atoms with Crippen molar-refractivity contribution >= 4 is 28.7 Å². The number of hydrogen-bond donors (Lipinski definition) is 0. The molecular formula is C35H25N3O5. The number of rotatable bonds is 8. The maximum absolute atomic E-state index is 13.3. The molecular weight excluding hydrogens is 542 g/mol. The fourth-order valence-electron chi connectivity index (χ4n) is 5.19. The van der Waals surface area contributed by atoms with Gasteiger partial charge in [-0.25, -0.2) is 9.79 Å². The second kappa shape index (κ2) is 11.5. The third-order valence-electron chi connectivity index (χ3n) is 7.09. The Hall–Kier alpha value is -6.02. The van der Waals surface area contributed by atoms with Crippen LogP contribution in [-0.4, -0.2) is 16.6 Å². The topological polar surface area (TPSA) is 94.3 Å². The van der Waals surface area contributed by atoms with Gasteiger partial charge in [0.25, 0.3) is 5.69 Å². The third-order valence-corrected chi connectivity index (χ3v) is 7.09. The summed E-state index contributed by atoms with van der Waals surface area (Å²) >= 11 is 0. The van der Waals surface area contributed by atoms with Gasteiger partial charge in [-0.2, -0.15) is 5.06 Å². The van der Waals surface area contributed by atoms with Crippen LogP contribution >= 0.6 is 0 Å². The summed E-state index contributed by atoms with van der Waals surface area (Å²) < 4.78 is 5.47. The molecule has 0 aromatic heterocycles. The summed E-state index contributed by atoms with van der Waals surface area (Å²) in [5.41, 5.74) is 3.38. The molecule has 0 unspecified atom stereocenters. The number of nitrogens with zero attached hydrogens (tertiary/aromatic N) is 3. The molecule has 0 amide bonds. The first-order valence-electron chi connectivity index (χ1n) is 13.5. The Morgan fingerprint density at radius 3 is 1.86 bits per heavy atom. The molecule has 5 aromatic rings. The van der Waals surface area contributed by atoms with Crippen molar-refractivity contribution in [3.8, 4) is 5.75 Å². The number of para-hydroxylation sites is 2. The van der Waals surface area contributed by atoms with Crippen LogP contribution in [0.5, 0.6) is 5.75 Å². The van der Waals surface area contributed by atoms with E-state index in [0.29, 0.717) is 11.4 Å². The molecule has 0 atom stereocenters. The lowest BCUT2D eigenvalue weighted by atomic mass is 9.78. The highest BCUT2D eigenvalue weighted by Gasteiger charge is 2.54. The third kappa shape index (κ3) is 5.02. The summed E-state index contributed by atoms with van der Waals surface area (Å²) in [7, 11) is 0. The largest absolute Gasteiger partial charge is 0.421 e. The Balaban J connectivity index is 1.49. The number of benzene rings is 5. The van der Waals surface area contributed by atoms with E-state index in [2.05, 4.69) is 6.58 Å². The zero-order valence-corrected chi connectivity index (χ0v) is 22.9. The normalized spacial score (nSPS) is 14.1. The maximum Gasteiger partial charge on any atom is 0.381 e. The molecule has 0 spiro atoms. The number of carbonyl (C=O) groups is 1. The Morgan fingerprint density at radius 1 is 0.744 bits per heavy atom. The van der Waals surface area contributed by atoms with Crippen LogP contribution in [0.2, 0.25) is 0 Å². The first kappa shape index (κ1) is 27.2. The highest BCUT2D eigenvalue weighted by atomic mass is 16.7. The second-order valence-electron chi connectivity index (χ2n) is 9.70. The van der Waals surface area contributed by atoms with Crippen molar-refractivity contribution in [2.75, 3.05) is 5.06 Å². The first-order chi connectivity index (χ1) is 21.0. The zero-order valence-electron chi connectivity index (χ0n) is 22.9. The van der Waals surface area contributed by atoms with Crippen molar-refractivity contribution in [3.63, 3.8) is 0 Å². The van der Waals surface area contributed by atoms with Crippen molar-refractivity contribution in [1.29, 1.82) is 0 Å². The molecule has 0 radical (unpaired) electrons. The SMILES string of the molecule is C=C(ON1c2ccccc2/C(=N/c2ccccc2)C1(c1ccccc1)c1ccccc1)C(=O)Oc1ccc([N+](=O)[O-])cc1. The molecule has 43 heavy (non-hydrogen) atoms. The molecule has 0 fully saturated rings. The number of anilines is 1. The molecule has 5 aromatic carbocycles. The molecule has 1 aliphatic rings. The van der Waals surface area contributed by atoms with Gasteiger partial charge in [0.1, 0.15) is 5.75 Å². The van der Waals surface area contributed by atoms with Gasteiger partial charge in [-0.3, -0.25) is 10.1 Å². The number of hydrogen-bond acceptors (Lipinski definition) is 7. The van der Waals surface area contributed by atoms with Gasteiger partial charge in [0.15, 0.2) is 5.54 Å². The van der Waals surface area contributed by atoms with Crippen molar-refractivity contribution < 1.29 is 19.3 Å². The summed E-state index contributed by atoms with van der Waals surface area (Å²) in [6.45, 7) is 3.91. The lowest BCUT2D eigenvalue weighted by molar-refractivity contribution is -0.384. The Bertz CT molecular complexity index is 1780. The molecule has 0 aliphatic carbocycles. The summed E-state index contributed by atoms with van der Waals surface area (Å²) in [4.78, 5) is 35.3. The molecule has 1 heterocycles.